The SMILES string of the molecule is Cc1c(C)c(C)c2c(nc3c4ccc(F)cc4nc(CC(C)(C)C)n32)c1C. The molecule has 2 aromatic heterocycles. The Labute approximate surface area is 159 Å². The summed E-state index contributed by atoms with van der Waals surface area (Å²) >= 11 is 0. The summed E-state index contributed by atoms with van der Waals surface area (Å²) in [6.07, 6.45) is 0.785. The van der Waals surface area contributed by atoms with Crippen LogP contribution in [0, 0.1) is 38.9 Å². The standard InChI is InChI=1S/C23H26FN3/c1-12-13(2)15(4)21-20(14(12)3)26-22-17-9-8-16(24)10-18(17)25-19(27(21)22)11-23(5,6)7/h8-10H,11H2,1-7H3. The molecule has 0 saturated carbocycles. The molecule has 3 nitrogen and oxygen atoms in total. The molecule has 0 fully saturated rings. The van der Waals surface area contributed by atoms with E-state index in [1.54, 1.807) is 6.07 Å². The van der Waals surface area contributed by atoms with Crippen molar-refractivity contribution in [3.8, 4) is 0 Å². The smallest absolute Gasteiger partial charge is 0.148 e. The van der Waals surface area contributed by atoms with Crippen molar-refractivity contribution in [1.82, 2.24) is 14.4 Å². The molecule has 0 aliphatic rings. The predicted molar refractivity (Wildman–Crippen MR) is 110 cm³/mol. The van der Waals surface area contributed by atoms with E-state index in [1.165, 1.54) is 34.4 Å². The molecular formula is C23H26FN3. The molecule has 4 aromatic rings. The fraction of sp³-hybridized carbons (Fsp3) is 0.391. The van der Waals surface area contributed by atoms with Crippen molar-refractivity contribution in [3.05, 3.63) is 52.1 Å². The molecule has 4 rings (SSSR count). The van der Waals surface area contributed by atoms with Crippen LogP contribution in [0.15, 0.2) is 18.2 Å². The zero-order valence-corrected chi connectivity index (χ0v) is 17.2. The molecule has 140 valence electrons. The van der Waals surface area contributed by atoms with Gasteiger partial charge >= 0.3 is 0 Å². The van der Waals surface area contributed by atoms with Crippen LogP contribution in [0.1, 0.15) is 48.8 Å². The van der Waals surface area contributed by atoms with E-state index in [9.17, 15) is 4.39 Å². The number of hydrogen-bond acceptors (Lipinski definition) is 2. The molecule has 0 amide bonds. The van der Waals surface area contributed by atoms with Crippen LogP contribution < -0.4 is 0 Å². The first-order chi connectivity index (χ1) is 12.6. The lowest BCUT2D eigenvalue weighted by atomic mass is 9.91. The molecule has 0 aliphatic heterocycles. The summed E-state index contributed by atoms with van der Waals surface area (Å²) < 4.78 is 16.1. The van der Waals surface area contributed by atoms with Crippen LogP contribution in [0.4, 0.5) is 4.39 Å². The monoisotopic (exact) mass is 363 g/mol. The Morgan fingerprint density at radius 2 is 1.59 bits per heavy atom. The number of halogens is 1. The number of imidazole rings is 1. The number of benzene rings is 2. The van der Waals surface area contributed by atoms with Gasteiger partial charge in [0.05, 0.1) is 16.6 Å². The highest BCUT2D eigenvalue weighted by Crippen LogP contribution is 2.34. The van der Waals surface area contributed by atoms with Gasteiger partial charge in [-0.2, -0.15) is 0 Å². The summed E-state index contributed by atoms with van der Waals surface area (Å²) in [5, 5.41) is 0.888. The van der Waals surface area contributed by atoms with Crippen LogP contribution in [0.5, 0.6) is 0 Å². The van der Waals surface area contributed by atoms with Crippen LogP contribution in [0.25, 0.3) is 27.6 Å². The maximum atomic E-state index is 13.9. The summed E-state index contributed by atoms with van der Waals surface area (Å²) in [6, 6.07) is 4.80. The van der Waals surface area contributed by atoms with Crippen LogP contribution >= 0.6 is 0 Å². The van der Waals surface area contributed by atoms with Crippen molar-refractivity contribution < 1.29 is 4.39 Å². The summed E-state index contributed by atoms with van der Waals surface area (Å²) in [7, 11) is 0. The molecule has 4 heteroatoms. The van der Waals surface area contributed by atoms with Gasteiger partial charge in [-0.15, -0.1) is 0 Å². The third kappa shape index (κ3) is 2.70. The largest absolute Gasteiger partial charge is 0.279 e. The molecule has 27 heavy (non-hydrogen) atoms. The molecule has 0 N–H and O–H groups in total. The highest BCUT2D eigenvalue weighted by molar-refractivity contribution is 5.98. The van der Waals surface area contributed by atoms with Crippen LogP contribution in [0.2, 0.25) is 0 Å². The third-order valence-corrected chi connectivity index (χ3v) is 5.67. The molecule has 0 atom stereocenters. The summed E-state index contributed by atoms with van der Waals surface area (Å²) in [5.41, 5.74) is 8.75. The molecule has 0 spiro atoms. The Kier molecular flexibility index (Phi) is 3.81. The van der Waals surface area contributed by atoms with Gasteiger partial charge in [0, 0.05) is 17.9 Å². The Bertz CT molecular complexity index is 1230. The van der Waals surface area contributed by atoms with E-state index in [4.69, 9.17) is 9.97 Å². The Balaban J connectivity index is 2.28. The van der Waals surface area contributed by atoms with Crippen molar-refractivity contribution in [2.24, 2.45) is 5.41 Å². The fourth-order valence-corrected chi connectivity index (χ4v) is 3.95. The zero-order valence-electron chi connectivity index (χ0n) is 17.2. The summed E-state index contributed by atoms with van der Waals surface area (Å²) in [4.78, 5) is 9.90. The molecule has 0 aliphatic carbocycles. The molecule has 0 unspecified atom stereocenters. The average molecular weight is 363 g/mol. The van der Waals surface area contributed by atoms with E-state index in [0.717, 1.165) is 34.3 Å². The lowest BCUT2D eigenvalue weighted by Crippen LogP contribution is -2.14. The molecule has 2 aromatic carbocycles. The van der Waals surface area contributed by atoms with Crippen molar-refractivity contribution in [2.75, 3.05) is 0 Å². The fourth-order valence-electron chi connectivity index (χ4n) is 3.95. The maximum Gasteiger partial charge on any atom is 0.148 e. The summed E-state index contributed by atoms with van der Waals surface area (Å²) in [6.45, 7) is 15.2. The predicted octanol–water partition coefficient (Wildman–Crippen LogP) is 6.00. The minimum atomic E-state index is -0.267. The van der Waals surface area contributed by atoms with E-state index < -0.39 is 0 Å². The first-order valence-corrected chi connectivity index (χ1v) is 9.45. The number of hydrogen-bond donors (Lipinski definition) is 0. The van der Waals surface area contributed by atoms with Crippen molar-refractivity contribution in [1.29, 1.82) is 0 Å². The van der Waals surface area contributed by atoms with E-state index in [0.29, 0.717) is 5.52 Å². The Morgan fingerprint density at radius 1 is 0.926 bits per heavy atom. The Morgan fingerprint density at radius 3 is 2.26 bits per heavy atom. The van der Waals surface area contributed by atoms with Crippen molar-refractivity contribution in [2.45, 2.75) is 54.9 Å². The second-order valence-corrected chi connectivity index (χ2v) is 8.89. The first kappa shape index (κ1) is 17.9. The highest BCUT2D eigenvalue weighted by Gasteiger charge is 2.22. The second-order valence-electron chi connectivity index (χ2n) is 8.89. The van der Waals surface area contributed by atoms with Crippen LogP contribution in [0.3, 0.4) is 0 Å². The van der Waals surface area contributed by atoms with E-state index >= 15 is 0 Å². The van der Waals surface area contributed by atoms with Gasteiger partial charge in [0.2, 0.25) is 0 Å². The molecule has 0 saturated heterocycles. The van der Waals surface area contributed by atoms with Gasteiger partial charge in [-0.3, -0.25) is 4.40 Å². The summed E-state index contributed by atoms with van der Waals surface area (Å²) in [5.74, 6) is 0.667. The van der Waals surface area contributed by atoms with Crippen molar-refractivity contribution in [3.63, 3.8) is 0 Å². The quantitative estimate of drug-likeness (QED) is 0.415. The van der Waals surface area contributed by atoms with Gasteiger partial charge in [0.25, 0.3) is 0 Å². The average Bonchev–Trinajstić information content (AvgIpc) is 2.97. The molecule has 0 radical (unpaired) electrons. The first-order valence-electron chi connectivity index (χ1n) is 9.45. The molecular weight excluding hydrogens is 337 g/mol. The topological polar surface area (TPSA) is 30.2 Å². The molecule has 2 heterocycles. The normalized spacial score (nSPS) is 12.6. The van der Waals surface area contributed by atoms with Gasteiger partial charge in [-0.25, -0.2) is 14.4 Å². The van der Waals surface area contributed by atoms with Crippen LogP contribution in [-0.2, 0) is 6.42 Å². The van der Waals surface area contributed by atoms with E-state index in [1.807, 2.05) is 0 Å². The van der Waals surface area contributed by atoms with Gasteiger partial charge in [0.15, 0.2) is 0 Å². The highest BCUT2D eigenvalue weighted by atomic mass is 19.1. The van der Waals surface area contributed by atoms with Gasteiger partial charge in [0.1, 0.15) is 17.3 Å². The second kappa shape index (κ2) is 5.75. The van der Waals surface area contributed by atoms with Gasteiger partial charge in [-0.05, 0) is 67.5 Å². The molecule has 0 bridgehead atoms. The lowest BCUT2D eigenvalue weighted by molar-refractivity contribution is 0.400. The Hall–Kier alpha value is -2.49. The number of aryl methyl sites for hydroxylation is 2. The zero-order chi connectivity index (χ0) is 19.7. The van der Waals surface area contributed by atoms with Crippen molar-refractivity contribution >= 4 is 27.6 Å². The minimum absolute atomic E-state index is 0.0558. The number of rotatable bonds is 1. The maximum absolute atomic E-state index is 13.9. The minimum Gasteiger partial charge on any atom is -0.279 e. The van der Waals surface area contributed by atoms with Gasteiger partial charge in [-0.1, -0.05) is 20.8 Å². The third-order valence-electron chi connectivity index (χ3n) is 5.67. The van der Waals surface area contributed by atoms with Crippen LogP contribution in [-0.4, -0.2) is 14.4 Å². The number of fused-ring (bicyclic) bond motifs is 5. The lowest BCUT2D eigenvalue weighted by Gasteiger charge is -2.20. The van der Waals surface area contributed by atoms with E-state index in [2.05, 4.69) is 52.9 Å². The van der Waals surface area contributed by atoms with E-state index in [-0.39, 0.29) is 11.2 Å². The number of nitrogens with zero attached hydrogens (tertiary/aromatic N) is 3. The number of aromatic nitrogens is 3. The van der Waals surface area contributed by atoms with Gasteiger partial charge < -0.3 is 0 Å².